The van der Waals surface area contributed by atoms with Gasteiger partial charge in [-0.05, 0) is 39.7 Å². The Bertz CT molecular complexity index is 718. The minimum absolute atomic E-state index is 0.476. The van der Waals surface area contributed by atoms with E-state index < -0.39 is 0 Å². The van der Waals surface area contributed by atoms with Crippen molar-refractivity contribution in [2.45, 2.75) is 13.1 Å². The fraction of sp³-hybridized carbons (Fsp3) is 0.133. The van der Waals surface area contributed by atoms with Crippen LogP contribution < -0.4 is 5.73 Å². The van der Waals surface area contributed by atoms with Crippen molar-refractivity contribution in [3.63, 3.8) is 0 Å². The molecule has 0 fully saturated rings. The third-order valence-electron chi connectivity index (χ3n) is 3.18. The SMILES string of the molecule is NCc1cc(Cn2cc(Br)c3ccccc32)ccn1. The molecule has 0 amide bonds. The summed E-state index contributed by atoms with van der Waals surface area (Å²) in [5, 5.41) is 1.23. The van der Waals surface area contributed by atoms with E-state index in [0.717, 1.165) is 16.7 Å². The first-order valence-corrected chi connectivity index (χ1v) is 6.94. The lowest BCUT2D eigenvalue weighted by molar-refractivity contribution is 0.826. The average Bonchev–Trinajstić information content (AvgIpc) is 2.76. The predicted octanol–water partition coefficient (Wildman–Crippen LogP) is 3.31. The topological polar surface area (TPSA) is 43.8 Å². The van der Waals surface area contributed by atoms with Crippen LogP contribution in [0.1, 0.15) is 11.3 Å². The smallest absolute Gasteiger partial charge is 0.0542 e. The summed E-state index contributed by atoms with van der Waals surface area (Å²) in [5.74, 6) is 0. The van der Waals surface area contributed by atoms with Gasteiger partial charge in [0.25, 0.3) is 0 Å². The van der Waals surface area contributed by atoms with Gasteiger partial charge < -0.3 is 10.3 Å². The minimum Gasteiger partial charge on any atom is -0.342 e. The van der Waals surface area contributed by atoms with Crippen molar-refractivity contribution >= 4 is 26.8 Å². The normalized spacial score (nSPS) is 11.1. The van der Waals surface area contributed by atoms with Crippen molar-refractivity contribution in [3.8, 4) is 0 Å². The molecule has 2 heterocycles. The molecule has 0 radical (unpaired) electrons. The standard InChI is InChI=1S/C15H14BrN3/c16-14-10-19(15-4-2-1-3-13(14)15)9-11-5-6-18-12(7-11)8-17/h1-7,10H,8-9,17H2. The number of halogens is 1. The van der Waals surface area contributed by atoms with Crippen LogP contribution in [-0.4, -0.2) is 9.55 Å². The second-order valence-electron chi connectivity index (χ2n) is 4.48. The molecule has 0 saturated carbocycles. The molecular weight excluding hydrogens is 302 g/mol. The second kappa shape index (κ2) is 5.15. The van der Waals surface area contributed by atoms with Crippen molar-refractivity contribution in [1.29, 1.82) is 0 Å². The van der Waals surface area contributed by atoms with Crippen molar-refractivity contribution in [3.05, 3.63) is 64.5 Å². The Hall–Kier alpha value is -1.65. The number of benzene rings is 1. The number of hydrogen-bond acceptors (Lipinski definition) is 2. The van der Waals surface area contributed by atoms with E-state index in [-0.39, 0.29) is 0 Å². The lowest BCUT2D eigenvalue weighted by Crippen LogP contribution is -2.03. The monoisotopic (exact) mass is 315 g/mol. The van der Waals surface area contributed by atoms with E-state index in [9.17, 15) is 0 Å². The minimum atomic E-state index is 0.476. The molecule has 19 heavy (non-hydrogen) atoms. The molecule has 1 aromatic carbocycles. The molecular formula is C15H14BrN3. The highest BCUT2D eigenvalue weighted by molar-refractivity contribution is 9.10. The highest BCUT2D eigenvalue weighted by Crippen LogP contribution is 2.26. The maximum Gasteiger partial charge on any atom is 0.0542 e. The van der Waals surface area contributed by atoms with E-state index in [0.29, 0.717) is 6.54 Å². The van der Waals surface area contributed by atoms with Crippen LogP contribution in [-0.2, 0) is 13.1 Å². The van der Waals surface area contributed by atoms with E-state index in [2.05, 4.69) is 62.0 Å². The van der Waals surface area contributed by atoms with Gasteiger partial charge >= 0.3 is 0 Å². The zero-order valence-electron chi connectivity index (χ0n) is 10.4. The van der Waals surface area contributed by atoms with Gasteiger partial charge in [-0.3, -0.25) is 4.98 Å². The first-order chi connectivity index (χ1) is 9.28. The van der Waals surface area contributed by atoms with Crippen LogP contribution in [0.5, 0.6) is 0 Å². The lowest BCUT2D eigenvalue weighted by Gasteiger charge is -2.06. The Balaban J connectivity index is 2.01. The molecule has 0 aliphatic rings. The van der Waals surface area contributed by atoms with Crippen molar-refractivity contribution < 1.29 is 0 Å². The van der Waals surface area contributed by atoms with Gasteiger partial charge in [0.15, 0.2) is 0 Å². The maximum atomic E-state index is 5.63. The van der Waals surface area contributed by atoms with E-state index in [1.165, 1.54) is 16.5 Å². The average molecular weight is 316 g/mol. The molecule has 0 saturated heterocycles. The van der Waals surface area contributed by atoms with Gasteiger partial charge in [-0.1, -0.05) is 18.2 Å². The molecule has 3 nitrogen and oxygen atoms in total. The summed E-state index contributed by atoms with van der Waals surface area (Å²) in [5.41, 5.74) is 8.99. The summed E-state index contributed by atoms with van der Waals surface area (Å²) in [6, 6.07) is 12.4. The van der Waals surface area contributed by atoms with Gasteiger partial charge in [0.1, 0.15) is 0 Å². The molecule has 96 valence electrons. The van der Waals surface area contributed by atoms with Crippen molar-refractivity contribution in [2.24, 2.45) is 5.73 Å². The fourth-order valence-electron chi connectivity index (χ4n) is 2.27. The molecule has 0 unspecified atom stereocenters. The number of nitrogens with two attached hydrogens (primary N) is 1. The van der Waals surface area contributed by atoms with Gasteiger partial charge in [0, 0.05) is 40.9 Å². The molecule has 0 spiro atoms. The number of rotatable bonds is 3. The van der Waals surface area contributed by atoms with E-state index >= 15 is 0 Å². The third-order valence-corrected chi connectivity index (χ3v) is 3.81. The number of para-hydroxylation sites is 1. The Kier molecular flexibility index (Phi) is 3.36. The molecule has 0 aliphatic carbocycles. The van der Waals surface area contributed by atoms with Crippen LogP contribution in [0, 0.1) is 0 Å². The summed E-state index contributed by atoms with van der Waals surface area (Å²) in [6.07, 6.45) is 3.94. The quantitative estimate of drug-likeness (QED) is 0.806. The molecule has 0 aliphatic heterocycles. The Morgan fingerprint density at radius 3 is 2.89 bits per heavy atom. The Morgan fingerprint density at radius 1 is 1.21 bits per heavy atom. The third kappa shape index (κ3) is 2.41. The number of pyridine rings is 1. The molecule has 0 atom stereocenters. The Morgan fingerprint density at radius 2 is 2.05 bits per heavy atom. The molecule has 3 aromatic rings. The van der Waals surface area contributed by atoms with Gasteiger partial charge in [-0.2, -0.15) is 0 Å². The van der Waals surface area contributed by atoms with E-state index in [4.69, 9.17) is 5.73 Å². The van der Waals surface area contributed by atoms with Gasteiger partial charge in [0.05, 0.1) is 5.69 Å². The molecule has 4 heteroatoms. The molecule has 2 N–H and O–H groups in total. The lowest BCUT2D eigenvalue weighted by atomic mass is 10.2. The first-order valence-electron chi connectivity index (χ1n) is 6.15. The summed E-state index contributed by atoms with van der Waals surface area (Å²) in [7, 11) is 0. The summed E-state index contributed by atoms with van der Waals surface area (Å²) in [6.45, 7) is 1.30. The number of hydrogen-bond donors (Lipinski definition) is 1. The molecule has 3 rings (SSSR count). The van der Waals surface area contributed by atoms with Crippen molar-refractivity contribution in [1.82, 2.24) is 9.55 Å². The number of nitrogens with zero attached hydrogens (tertiary/aromatic N) is 2. The summed E-state index contributed by atoms with van der Waals surface area (Å²) >= 11 is 3.61. The number of aromatic nitrogens is 2. The van der Waals surface area contributed by atoms with Crippen LogP contribution in [0.2, 0.25) is 0 Å². The van der Waals surface area contributed by atoms with Gasteiger partial charge in [0.2, 0.25) is 0 Å². The summed E-state index contributed by atoms with van der Waals surface area (Å²) < 4.78 is 3.35. The summed E-state index contributed by atoms with van der Waals surface area (Å²) in [4.78, 5) is 4.22. The van der Waals surface area contributed by atoms with Crippen molar-refractivity contribution in [2.75, 3.05) is 0 Å². The molecule has 0 bridgehead atoms. The zero-order valence-corrected chi connectivity index (χ0v) is 12.0. The highest BCUT2D eigenvalue weighted by atomic mass is 79.9. The Labute approximate surface area is 120 Å². The largest absolute Gasteiger partial charge is 0.342 e. The van der Waals surface area contributed by atoms with Crippen LogP contribution in [0.3, 0.4) is 0 Å². The number of fused-ring (bicyclic) bond motifs is 1. The van der Waals surface area contributed by atoms with Gasteiger partial charge in [-0.25, -0.2) is 0 Å². The highest BCUT2D eigenvalue weighted by Gasteiger charge is 2.06. The van der Waals surface area contributed by atoms with E-state index in [1.54, 1.807) is 0 Å². The second-order valence-corrected chi connectivity index (χ2v) is 5.34. The zero-order chi connectivity index (χ0) is 13.2. The fourth-order valence-corrected chi connectivity index (χ4v) is 2.85. The van der Waals surface area contributed by atoms with Crippen LogP contribution in [0.25, 0.3) is 10.9 Å². The first kappa shape index (κ1) is 12.4. The van der Waals surface area contributed by atoms with Crippen LogP contribution >= 0.6 is 15.9 Å². The molecule has 2 aromatic heterocycles. The van der Waals surface area contributed by atoms with Gasteiger partial charge in [-0.15, -0.1) is 0 Å². The van der Waals surface area contributed by atoms with Crippen LogP contribution in [0.15, 0.2) is 53.3 Å². The van der Waals surface area contributed by atoms with Crippen LogP contribution in [0.4, 0.5) is 0 Å². The predicted molar refractivity (Wildman–Crippen MR) is 80.9 cm³/mol. The van der Waals surface area contributed by atoms with E-state index in [1.807, 2.05) is 12.3 Å². The maximum absolute atomic E-state index is 5.63.